The molecule has 4 fully saturated rings. The number of aromatic amines is 2. The Kier molecular flexibility index (Phi) is 7.75. The molecule has 2 aromatic heterocycles. The number of benzene rings is 2. The number of likely N-dealkylation sites (N-methyl/N-ethyl adjacent to an activating group) is 1. The normalized spacial score (nSPS) is 34.2. The number of ether oxygens (including phenoxy) is 2. The van der Waals surface area contributed by atoms with Crippen LogP contribution in [0.2, 0.25) is 0 Å². The maximum Gasteiger partial charge on any atom is 0.316 e. The predicted molar refractivity (Wildman–Crippen MR) is 197 cm³/mol. The smallest absolute Gasteiger partial charge is 0.316 e. The van der Waals surface area contributed by atoms with Crippen LogP contribution in [0.25, 0.3) is 21.8 Å². The third-order valence-electron chi connectivity index (χ3n) is 14.1. The van der Waals surface area contributed by atoms with E-state index in [9.17, 15) is 9.90 Å². The number of aliphatic hydroxyl groups is 1. The fourth-order valence-electron chi connectivity index (χ4n) is 12.0. The number of fused-ring (bicyclic) bond motifs is 9. The second-order valence-electron chi connectivity index (χ2n) is 16.1. The second-order valence-corrected chi connectivity index (χ2v) is 16.1. The van der Waals surface area contributed by atoms with Gasteiger partial charge in [-0.1, -0.05) is 43.2 Å². The molecule has 2 aliphatic carbocycles. The van der Waals surface area contributed by atoms with Gasteiger partial charge in [-0.3, -0.25) is 14.6 Å². The summed E-state index contributed by atoms with van der Waals surface area (Å²) in [6, 6.07) is 13.6. The highest BCUT2D eigenvalue weighted by Gasteiger charge is 2.59. The van der Waals surface area contributed by atoms with E-state index in [0.29, 0.717) is 24.8 Å². The van der Waals surface area contributed by atoms with Crippen LogP contribution in [0.1, 0.15) is 79.4 Å². The third-order valence-corrected chi connectivity index (χ3v) is 14.1. The molecule has 10 rings (SSSR count). The average molecular weight is 677 g/mol. The van der Waals surface area contributed by atoms with Crippen LogP contribution >= 0.6 is 0 Å². The van der Waals surface area contributed by atoms with Gasteiger partial charge in [0.2, 0.25) is 0 Å². The van der Waals surface area contributed by atoms with Crippen molar-refractivity contribution in [2.24, 2.45) is 23.2 Å². The maximum absolute atomic E-state index is 14.1. The van der Waals surface area contributed by atoms with Gasteiger partial charge in [0.1, 0.15) is 11.2 Å². The van der Waals surface area contributed by atoms with Crippen LogP contribution in [0.15, 0.2) is 48.0 Å². The van der Waals surface area contributed by atoms with Gasteiger partial charge in [0, 0.05) is 88.2 Å². The van der Waals surface area contributed by atoms with Crippen molar-refractivity contribution in [1.29, 1.82) is 0 Å². The molecule has 4 aromatic rings. The fourth-order valence-corrected chi connectivity index (χ4v) is 12.0. The Labute approximate surface area is 295 Å². The molecule has 0 spiro atoms. The zero-order valence-electron chi connectivity index (χ0n) is 30.2. The number of likely N-dealkylation sites (tertiary alicyclic amines) is 1. The van der Waals surface area contributed by atoms with Gasteiger partial charge in [-0.15, -0.1) is 0 Å². The zero-order valence-corrected chi connectivity index (χ0v) is 30.2. The standard InChI is InChI=1S/C42H52N4O4/c1-6-24-14-23-15-32-38-27(12-13-46(20-23)40(24)32)28-18-36(49-4)29(17-35(28)44-38)30-16-33-25(7-2)21-45(3)37(42(33,22-47)41(48)50-5)19-31-26-10-8-9-11-34(26)43-39(30)31/h7-11,17-18,23-24,30,32-33,37,40,43-44,47H,6,12-16,19-22H2,1-5H3/b25-7+/t23-,24+,30-,32+,33+,37?,40+,42?/m1/s1. The van der Waals surface area contributed by atoms with Crippen LogP contribution < -0.4 is 4.74 Å². The Hall–Kier alpha value is -3.59. The van der Waals surface area contributed by atoms with Crippen LogP contribution in [-0.2, 0) is 22.4 Å². The molecule has 8 nitrogen and oxygen atoms in total. The first-order valence-corrected chi connectivity index (χ1v) is 18.9. The molecule has 8 heteroatoms. The Bertz CT molecular complexity index is 2010. The molecule has 3 unspecified atom stereocenters. The van der Waals surface area contributed by atoms with Crippen LogP contribution in [0.4, 0.5) is 0 Å². The number of aromatic nitrogens is 2. The molecule has 9 atom stereocenters. The van der Waals surface area contributed by atoms with E-state index in [0.717, 1.165) is 48.2 Å². The van der Waals surface area contributed by atoms with Gasteiger partial charge in [0.05, 0.1) is 20.8 Å². The molecule has 50 heavy (non-hydrogen) atoms. The minimum Gasteiger partial charge on any atom is -0.496 e. The lowest BCUT2D eigenvalue weighted by atomic mass is 9.58. The maximum atomic E-state index is 14.1. The molecule has 0 amide bonds. The molecule has 6 heterocycles. The van der Waals surface area contributed by atoms with E-state index in [1.54, 1.807) is 7.11 Å². The van der Waals surface area contributed by atoms with Crippen LogP contribution in [0.3, 0.4) is 0 Å². The molecular formula is C42H52N4O4. The number of allylic oxidation sites excluding steroid dienone is 1. The Morgan fingerprint density at radius 2 is 1.88 bits per heavy atom. The van der Waals surface area contributed by atoms with E-state index in [-0.39, 0.29) is 30.5 Å². The van der Waals surface area contributed by atoms with Crippen molar-refractivity contribution in [3.8, 4) is 5.75 Å². The number of para-hydroxylation sites is 1. The van der Waals surface area contributed by atoms with Crippen molar-refractivity contribution in [3.63, 3.8) is 0 Å². The summed E-state index contributed by atoms with van der Waals surface area (Å²) >= 11 is 0. The first-order valence-electron chi connectivity index (χ1n) is 18.9. The molecular weight excluding hydrogens is 624 g/mol. The summed E-state index contributed by atoms with van der Waals surface area (Å²) in [4.78, 5) is 27.1. The van der Waals surface area contributed by atoms with Crippen molar-refractivity contribution >= 4 is 27.8 Å². The molecule has 1 saturated carbocycles. The van der Waals surface area contributed by atoms with Gasteiger partial charge in [0.25, 0.3) is 0 Å². The van der Waals surface area contributed by atoms with E-state index in [4.69, 9.17) is 9.47 Å². The zero-order chi connectivity index (χ0) is 34.5. The lowest BCUT2D eigenvalue weighted by molar-refractivity contribution is -0.169. The minimum absolute atomic E-state index is 0.106. The second kappa shape index (κ2) is 12.0. The van der Waals surface area contributed by atoms with E-state index >= 15 is 0 Å². The number of esters is 1. The minimum atomic E-state index is -1.11. The number of rotatable bonds is 5. The SMILES string of the molecule is C/C=C1\CN(C)C2Cc3c([nH]c4ccccc34)[C@@H](c3cc4[nH]c5c(c4cc3OC)CCN3C[C@@H]4C[C@H](CC)[C@H]3[C@H]5C4)C[C@@H]1C2(CO)C(=O)OC. The molecule has 2 aromatic carbocycles. The molecule has 0 radical (unpaired) electrons. The number of H-pyrrole nitrogens is 2. The van der Waals surface area contributed by atoms with Crippen LogP contribution in [0.5, 0.6) is 5.75 Å². The monoisotopic (exact) mass is 676 g/mol. The Morgan fingerprint density at radius 1 is 1.06 bits per heavy atom. The summed E-state index contributed by atoms with van der Waals surface area (Å²) in [6.07, 6.45) is 8.39. The number of carbonyl (C=O) groups excluding carboxylic acids is 1. The lowest BCUT2D eigenvalue weighted by Crippen LogP contribution is -2.63. The molecule has 6 bridgehead atoms. The summed E-state index contributed by atoms with van der Waals surface area (Å²) in [7, 11) is 5.34. The van der Waals surface area contributed by atoms with Crippen LogP contribution in [-0.4, -0.2) is 90.4 Å². The number of piperidine rings is 3. The number of aliphatic hydroxyl groups excluding tert-OH is 1. The number of hydrogen-bond donors (Lipinski definition) is 3. The molecule has 264 valence electrons. The van der Waals surface area contributed by atoms with Gasteiger partial charge in [-0.05, 0) is 87.2 Å². The molecule has 3 N–H and O–H groups in total. The predicted octanol–water partition coefficient (Wildman–Crippen LogP) is 6.52. The van der Waals surface area contributed by atoms with Gasteiger partial charge in [-0.2, -0.15) is 0 Å². The van der Waals surface area contributed by atoms with Crippen molar-refractivity contribution in [3.05, 3.63) is 76.1 Å². The van der Waals surface area contributed by atoms with Crippen molar-refractivity contribution in [2.45, 2.75) is 76.3 Å². The molecule has 4 aliphatic heterocycles. The van der Waals surface area contributed by atoms with Gasteiger partial charge in [-0.25, -0.2) is 0 Å². The summed E-state index contributed by atoms with van der Waals surface area (Å²) in [5.41, 5.74) is 8.77. The first kappa shape index (κ1) is 32.3. The van der Waals surface area contributed by atoms with E-state index < -0.39 is 5.41 Å². The number of carbonyl (C=O) groups is 1. The van der Waals surface area contributed by atoms with Crippen molar-refractivity contribution in [2.75, 3.05) is 47.5 Å². The fraction of sp³-hybridized carbons (Fsp3) is 0.548. The van der Waals surface area contributed by atoms with Gasteiger partial charge < -0.3 is 24.5 Å². The van der Waals surface area contributed by atoms with E-state index in [1.165, 1.54) is 77.3 Å². The quantitative estimate of drug-likeness (QED) is 0.165. The number of hydrogen-bond acceptors (Lipinski definition) is 6. The highest BCUT2D eigenvalue weighted by atomic mass is 16.5. The third kappa shape index (κ3) is 4.43. The topological polar surface area (TPSA) is 93.8 Å². The lowest BCUT2D eigenvalue weighted by Gasteiger charge is -2.53. The van der Waals surface area contributed by atoms with E-state index in [2.05, 4.69) is 83.1 Å². The summed E-state index contributed by atoms with van der Waals surface area (Å²) in [5, 5.41) is 13.8. The van der Waals surface area contributed by atoms with E-state index in [1.807, 2.05) is 0 Å². The summed E-state index contributed by atoms with van der Waals surface area (Å²) in [5.74, 6) is 2.33. The first-order chi connectivity index (χ1) is 24.3. The number of nitrogens with one attached hydrogen (secondary N) is 2. The Morgan fingerprint density at radius 3 is 2.64 bits per heavy atom. The summed E-state index contributed by atoms with van der Waals surface area (Å²) < 4.78 is 11.9. The number of methoxy groups -OCH3 is 2. The van der Waals surface area contributed by atoms with Crippen molar-refractivity contribution in [1.82, 2.24) is 19.8 Å². The Balaban J connectivity index is 1.25. The summed E-state index contributed by atoms with van der Waals surface area (Å²) in [6.45, 7) is 7.29. The molecule has 6 aliphatic rings. The van der Waals surface area contributed by atoms with Gasteiger partial charge in [0.15, 0.2) is 0 Å². The van der Waals surface area contributed by atoms with Gasteiger partial charge >= 0.3 is 5.97 Å². The van der Waals surface area contributed by atoms with Crippen LogP contribution in [0, 0.1) is 23.2 Å². The molecule has 3 saturated heterocycles. The highest BCUT2D eigenvalue weighted by Crippen LogP contribution is 2.55. The van der Waals surface area contributed by atoms with Crippen molar-refractivity contribution < 1.29 is 19.4 Å². The average Bonchev–Trinajstić information content (AvgIpc) is 3.66. The highest BCUT2D eigenvalue weighted by molar-refractivity contribution is 5.89. The largest absolute Gasteiger partial charge is 0.496 e. The number of nitrogens with zero attached hydrogens (tertiary/aromatic N) is 2.